The van der Waals surface area contributed by atoms with E-state index in [9.17, 15) is 14.7 Å². The number of piperazine rings is 1. The van der Waals surface area contributed by atoms with Crippen LogP contribution in [0.15, 0.2) is 64.9 Å². The lowest BCUT2D eigenvalue weighted by atomic mass is 9.84. The number of hydrogen-bond acceptors (Lipinski definition) is 9. The first-order valence-electron chi connectivity index (χ1n) is 14.1. The minimum atomic E-state index is -1.03. The van der Waals surface area contributed by atoms with Crippen molar-refractivity contribution in [2.45, 2.75) is 37.4 Å². The molecule has 5 rings (SSSR count). The van der Waals surface area contributed by atoms with E-state index in [1.54, 1.807) is 0 Å². The van der Waals surface area contributed by atoms with E-state index in [2.05, 4.69) is 44.4 Å². The molecular weight excluding hydrogens is 526 g/mol. The third-order valence-corrected chi connectivity index (χ3v) is 7.95. The Morgan fingerprint density at radius 1 is 0.976 bits per heavy atom. The van der Waals surface area contributed by atoms with Gasteiger partial charge in [-0.3, -0.25) is 14.7 Å². The number of carboxylic acid groups (broad SMARTS) is 2. The lowest BCUT2D eigenvalue weighted by Crippen LogP contribution is -2.49. The molecule has 11 nitrogen and oxygen atoms in total. The third kappa shape index (κ3) is 7.83. The first kappa shape index (κ1) is 28.6. The number of ether oxygens (including phenoxy) is 1. The van der Waals surface area contributed by atoms with Gasteiger partial charge in [-0.05, 0) is 36.1 Å². The largest absolute Gasteiger partial charge is 0.480 e. The molecule has 3 aliphatic rings. The topological polar surface area (TPSA) is 128 Å². The Labute approximate surface area is 239 Å². The number of hydrazone groups is 1. The minimum absolute atomic E-state index is 0.0339. The average Bonchev–Trinajstić information content (AvgIpc) is 3.45. The van der Waals surface area contributed by atoms with E-state index in [1.165, 1.54) is 5.69 Å². The number of carboxylic acids is 2. The fourth-order valence-corrected chi connectivity index (χ4v) is 5.67. The molecule has 1 atom stereocenters. The summed E-state index contributed by atoms with van der Waals surface area (Å²) in [6, 6.07) is 18.5. The van der Waals surface area contributed by atoms with Gasteiger partial charge in [0.15, 0.2) is 0 Å². The van der Waals surface area contributed by atoms with Crippen molar-refractivity contribution in [1.29, 1.82) is 0 Å². The van der Waals surface area contributed by atoms with Crippen LogP contribution in [0.1, 0.15) is 36.8 Å². The van der Waals surface area contributed by atoms with Gasteiger partial charge < -0.3 is 24.7 Å². The van der Waals surface area contributed by atoms with Crippen molar-refractivity contribution in [3.63, 3.8) is 0 Å². The zero-order valence-corrected chi connectivity index (χ0v) is 23.1. The summed E-state index contributed by atoms with van der Waals surface area (Å²) in [6.07, 6.45) is 3.82. The summed E-state index contributed by atoms with van der Waals surface area (Å²) in [5, 5.41) is 29.4. The van der Waals surface area contributed by atoms with E-state index < -0.39 is 24.1 Å². The van der Waals surface area contributed by atoms with Gasteiger partial charge in [0.2, 0.25) is 0 Å². The molecule has 2 fully saturated rings. The number of rotatable bonds is 11. The molecule has 2 aromatic rings. The van der Waals surface area contributed by atoms with Crippen molar-refractivity contribution in [1.82, 2.24) is 9.91 Å². The number of aliphatic carboxylic acids is 2. The number of benzene rings is 2. The number of para-hydroxylation sites is 1. The summed E-state index contributed by atoms with van der Waals surface area (Å²) < 4.78 is 5.88. The van der Waals surface area contributed by atoms with Gasteiger partial charge in [0.1, 0.15) is 12.7 Å². The summed E-state index contributed by atoms with van der Waals surface area (Å²) in [5.74, 6) is -1.90. The Bertz CT molecular complexity index is 1240. The predicted molar refractivity (Wildman–Crippen MR) is 155 cm³/mol. The molecule has 11 heteroatoms. The molecule has 3 aliphatic heterocycles. The second kappa shape index (κ2) is 13.1. The molecule has 0 bridgehead atoms. The number of likely N-dealkylation sites (tertiary alicyclic amines) is 1. The predicted octanol–water partition coefficient (Wildman–Crippen LogP) is 2.75. The number of nitrogens with zero attached hydrogens (tertiary/aromatic N) is 5. The summed E-state index contributed by atoms with van der Waals surface area (Å²) >= 11 is 0. The normalized spacial score (nSPS) is 21.1. The molecule has 0 aliphatic carbocycles. The number of carbonyl (C=O) groups is 2. The Hall–Kier alpha value is -3.96. The molecule has 3 heterocycles. The van der Waals surface area contributed by atoms with Gasteiger partial charge in [0.05, 0.1) is 37.2 Å². The highest BCUT2D eigenvalue weighted by Gasteiger charge is 2.40. The Morgan fingerprint density at radius 2 is 1.68 bits per heavy atom. The molecule has 1 unspecified atom stereocenters. The third-order valence-electron chi connectivity index (χ3n) is 7.95. The van der Waals surface area contributed by atoms with Gasteiger partial charge in [0.25, 0.3) is 0 Å². The zero-order valence-electron chi connectivity index (χ0n) is 23.1. The molecule has 0 amide bonds. The van der Waals surface area contributed by atoms with Crippen LogP contribution < -0.4 is 4.90 Å². The van der Waals surface area contributed by atoms with Gasteiger partial charge in [-0.15, -0.1) is 0 Å². The van der Waals surface area contributed by atoms with Crippen molar-refractivity contribution < 1.29 is 29.4 Å². The summed E-state index contributed by atoms with van der Waals surface area (Å²) in [6.45, 7) is 4.23. The highest BCUT2D eigenvalue weighted by molar-refractivity contribution is 6.01. The molecular formula is C30H37N5O6. The highest BCUT2D eigenvalue weighted by Crippen LogP contribution is 2.34. The molecule has 0 radical (unpaired) electrons. The maximum absolute atomic E-state index is 11.2. The maximum Gasteiger partial charge on any atom is 0.329 e. The Kier molecular flexibility index (Phi) is 9.15. The van der Waals surface area contributed by atoms with Crippen LogP contribution in [-0.4, -0.2) is 108 Å². The second-order valence-electron chi connectivity index (χ2n) is 10.9. The van der Waals surface area contributed by atoms with Crippen LogP contribution in [0.5, 0.6) is 0 Å². The smallest absolute Gasteiger partial charge is 0.329 e. The number of anilines is 1. The molecule has 2 N–H and O–H groups in total. The molecule has 0 spiro atoms. The van der Waals surface area contributed by atoms with Crippen molar-refractivity contribution >= 4 is 29.6 Å². The molecule has 218 valence electrons. The lowest BCUT2D eigenvalue weighted by Gasteiger charge is -2.41. The van der Waals surface area contributed by atoms with Gasteiger partial charge in [-0.25, -0.2) is 4.79 Å². The van der Waals surface area contributed by atoms with Crippen LogP contribution in [0, 0.1) is 0 Å². The highest BCUT2D eigenvalue weighted by atomic mass is 16.6. The minimum Gasteiger partial charge on any atom is -0.480 e. The number of hydrogen-bond donors (Lipinski definition) is 2. The van der Waals surface area contributed by atoms with Crippen molar-refractivity contribution in [3.8, 4) is 0 Å². The molecule has 0 saturated carbocycles. The maximum atomic E-state index is 11.2. The fourth-order valence-electron chi connectivity index (χ4n) is 5.67. The Balaban J connectivity index is 1.11. The Morgan fingerprint density at radius 3 is 2.34 bits per heavy atom. The zero-order chi connectivity index (χ0) is 28.7. The van der Waals surface area contributed by atoms with E-state index in [0.717, 1.165) is 43.0 Å². The van der Waals surface area contributed by atoms with Crippen LogP contribution in [0.4, 0.5) is 5.69 Å². The summed E-state index contributed by atoms with van der Waals surface area (Å²) in [4.78, 5) is 32.3. The van der Waals surface area contributed by atoms with E-state index >= 15 is 0 Å². The summed E-state index contributed by atoms with van der Waals surface area (Å²) in [7, 11) is 0. The lowest BCUT2D eigenvalue weighted by molar-refractivity contribution is -0.159. The first-order valence-corrected chi connectivity index (χ1v) is 14.1. The van der Waals surface area contributed by atoms with Crippen LogP contribution in [0.3, 0.4) is 0 Å². The standard InChI is InChI=1S/C30H37N5O6/c36-28(37)21-33-12-10-30(11-13-33,40-22-29(38)39)19-26-18-27(32-41-26)24-8-6-23(7-9-24)20-31-35-16-14-34(15-17-35)25-4-2-1-3-5-25/h1-9,20,26H,10-19,21-22H2,(H,36,37)(H,38,39). The van der Waals surface area contributed by atoms with Crippen LogP contribution in [0.25, 0.3) is 0 Å². The van der Waals surface area contributed by atoms with Crippen molar-refractivity contribution in [2.75, 3.05) is 57.3 Å². The second-order valence-corrected chi connectivity index (χ2v) is 10.9. The van der Waals surface area contributed by atoms with Gasteiger partial charge >= 0.3 is 11.9 Å². The molecule has 2 saturated heterocycles. The van der Waals surface area contributed by atoms with E-state index in [-0.39, 0.29) is 12.6 Å². The number of piperidine rings is 1. The van der Waals surface area contributed by atoms with Crippen LogP contribution >= 0.6 is 0 Å². The molecule has 0 aromatic heterocycles. The molecule has 41 heavy (non-hydrogen) atoms. The van der Waals surface area contributed by atoms with E-state index in [0.29, 0.717) is 38.8 Å². The number of oxime groups is 1. The summed E-state index contributed by atoms with van der Waals surface area (Å²) in [5.41, 5.74) is 3.38. The SMILES string of the molecule is O=C(O)COC1(CC2CC(c3ccc(C=NN4CCN(c5ccccc5)CC4)cc3)=NO2)CCN(CC(=O)O)CC1. The average molecular weight is 564 g/mol. The van der Waals surface area contributed by atoms with Gasteiger partial charge in [-0.2, -0.15) is 5.10 Å². The monoisotopic (exact) mass is 563 g/mol. The van der Waals surface area contributed by atoms with Gasteiger partial charge in [-0.1, -0.05) is 47.6 Å². The van der Waals surface area contributed by atoms with E-state index in [1.807, 2.05) is 41.4 Å². The fraction of sp³-hybridized carbons (Fsp3) is 0.467. The molecule has 2 aromatic carbocycles. The van der Waals surface area contributed by atoms with Crippen LogP contribution in [-0.2, 0) is 19.2 Å². The quantitative estimate of drug-likeness (QED) is 0.397. The van der Waals surface area contributed by atoms with E-state index in [4.69, 9.17) is 14.7 Å². The van der Waals surface area contributed by atoms with Crippen molar-refractivity contribution in [2.24, 2.45) is 10.3 Å². The van der Waals surface area contributed by atoms with Crippen LogP contribution in [0.2, 0.25) is 0 Å². The van der Waals surface area contributed by atoms with Crippen molar-refractivity contribution in [3.05, 3.63) is 65.7 Å². The van der Waals surface area contributed by atoms with Gasteiger partial charge in [0, 0.05) is 44.7 Å². The first-order chi connectivity index (χ1) is 19.9.